The van der Waals surface area contributed by atoms with Crippen molar-refractivity contribution in [1.29, 1.82) is 0 Å². The number of benzene rings is 2. The van der Waals surface area contributed by atoms with Crippen molar-refractivity contribution in [3.05, 3.63) is 70.5 Å². The summed E-state index contributed by atoms with van der Waals surface area (Å²) in [5, 5.41) is 1.97. The van der Waals surface area contributed by atoms with E-state index in [1.54, 1.807) is 13.2 Å². The molecule has 138 valence electrons. The molecule has 1 atom stereocenters. The molecular weight excluding hydrogens is 381 g/mol. The first-order chi connectivity index (χ1) is 11.4. The predicted molar refractivity (Wildman–Crippen MR) is 108 cm³/mol. The first kappa shape index (κ1) is 21.8. The Kier molecular flexibility index (Phi) is 8.77. The number of hydroxylamine groups is 2. The molecule has 0 spiro atoms. The number of aryl methyl sites for hydroxylation is 2. The third-order valence-corrected chi connectivity index (χ3v) is 4.59. The second-order valence-electron chi connectivity index (χ2n) is 6.67. The van der Waals surface area contributed by atoms with E-state index in [0.717, 1.165) is 12.1 Å². The lowest BCUT2D eigenvalue weighted by Gasteiger charge is -2.30. The first-order valence-corrected chi connectivity index (χ1v) is 8.54. The molecule has 0 heterocycles. The van der Waals surface area contributed by atoms with Crippen LogP contribution in [0, 0.1) is 19.7 Å². The molecule has 0 N–H and O–H groups in total. The minimum Gasteiger partial charge on any atom is -0.302 e. The summed E-state index contributed by atoms with van der Waals surface area (Å²) in [6, 6.07) is 13.6. The van der Waals surface area contributed by atoms with Gasteiger partial charge in [0.05, 0.1) is 7.11 Å². The molecule has 2 aromatic carbocycles. The topological polar surface area (TPSA) is 12.5 Å². The summed E-state index contributed by atoms with van der Waals surface area (Å²) in [5.74, 6) is 0.0349. The van der Waals surface area contributed by atoms with E-state index in [-0.39, 0.29) is 34.8 Å². The zero-order valence-electron chi connectivity index (χ0n) is 15.8. The van der Waals surface area contributed by atoms with Crippen LogP contribution < -0.4 is 0 Å². The Morgan fingerprint density at radius 1 is 1.00 bits per heavy atom. The Morgan fingerprint density at radius 3 is 2.12 bits per heavy atom. The Balaban J connectivity index is 0.00000312. The lowest BCUT2D eigenvalue weighted by molar-refractivity contribution is -0.156. The van der Waals surface area contributed by atoms with Crippen LogP contribution in [0.1, 0.15) is 42.0 Å². The van der Waals surface area contributed by atoms with Gasteiger partial charge in [-0.1, -0.05) is 36.4 Å². The molecule has 25 heavy (non-hydrogen) atoms. The minimum absolute atomic E-state index is 0. The fourth-order valence-electron chi connectivity index (χ4n) is 3.37. The van der Waals surface area contributed by atoms with E-state index in [1.165, 1.54) is 22.8 Å². The highest BCUT2D eigenvalue weighted by Gasteiger charge is 2.22. The number of halogens is 2. The molecule has 0 radical (unpaired) electrons. The molecule has 0 fully saturated rings. The summed E-state index contributed by atoms with van der Waals surface area (Å²) < 4.78 is 14.2. The van der Waals surface area contributed by atoms with Gasteiger partial charge in [-0.15, -0.1) is 17.0 Å². The molecule has 0 bridgehead atoms. The third kappa shape index (κ3) is 5.63. The van der Waals surface area contributed by atoms with Gasteiger partial charge in [-0.25, -0.2) is 4.39 Å². The van der Waals surface area contributed by atoms with Crippen molar-refractivity contribution < 1.29 is 9.23 Å². The van der Waals surface area contributed by atoms with Gasteiger partial charge in [0.2, 0.25) is 0 Å². The van der Waals surface area contributed by atoms with Crippen molar-refractivity contribution in [2.24, 2.45) is 0 Å². The summed E-state index contributed by atoms with van der Waals surface area (Å²) in [4.78, 5) is 5.55. The Hall–Kier alpha value is -1.23. The lowest BCUT2D eigenvalue weighted by Crippen LogP contribution is -2.34. The van der Waals surface area contributed by atoms with Crippen molar-refractivity contribution in [2.45, 2.75) is 46.1 Å². The highest BCUT2D eigenvalue weighted by molar-refractivity contribution is 8.93. The van der Waals surface area contributed by atoms with Crippen LogP contribution in [0.15, 0.2) is 42.5 Å². The van der Waals surface area contributed by atoms with Gasteiger partial charge in [-0.3, -0.25) is 0 Å². The summed E-state index contributed by atoms with van der Waals surface area (Å²) in [6.45, 7) is 9.20. The molecule has 0 aliphatic rings. The van der Waals surface area contributed by atoms with E-state index in [2.05, 4.69) is 45.9 Å². The number of rotatable bonds is 7. The SMILES string of the molecule is Br.CON(CC(Cc1ccccc1F)c1c(C)cccc1C)C(C)C. The van der Waals surface area contributed by atoms with Gasteiger partial charge >= 0.3 is 0 Å². The van der Waals surface area contributed by atoms with Crippen LogP contribution in [-0.4, -0.2) is 24.8 Å². The Bertz CT molecular complexity index is 654. The second-order valence-corrected chi connectivity index (χ2v) is 6.67. The van der Waals surface area contributed by atoms with Crippen LogP contribution in [0.5, 0.6) is 0 Å². The van der Waals surface area contributed by atoms with Crippen LogP contribution in [0.2, 0.25) is 0 Å². The van der Waals surface area contributed by atoms with Gasteiger partial charge in [0.25, 0.3) is 0 Å². The smallest absolute Gasteiger partial charge is 0.126 e. The highest BCUT2D eigenvalue weighted by Crippen LogP contribution is 2.29. The van der Waals surface area contributed by atoms with E-state index >= 15 is 0 Å². The zero-order valence-corrected chi connectivity index (χ0v) is 17.5. The quantitative estimate of drug-likeness (QED) is 0.550. The van der Waals surface area contributed by atoms with E-state index in [1.807, 2.05) is 17.2 Å². The molecule has 2 rings (SSSR count). The molecule has 0 saturated heterocycles. The minimum atomic E-state index is -0.137. The summed E-state index contributed by atoms with van der Waals surface area (Å²) in [5.41, 5.74) is 4.54. The zero-order chi connectivity index (χ0) is 17.7. The van der Waals surface area contributed by atoms with Crippen molar-refractivity contribution in [3.63, 3.8) is 0 Å². The van der Waals surface area contributed by atoms with Crippen LogP contribution in [0.3, 0.4) is 0 Å². The number of hydrogen-bond donors (Lipinski definition) is 0. The van der Waals surface area contributed by atoms with E-state index < -0.39 is 0 Å². The van der Waals surface area contributed by atoms with E-state index in [0.29, 0.717) is 6.42 Å². The molecule has 2 nitrogen and oxygen atoms in total. The Morgan fingerprint density at radius 2 is 1.60 bits per heavy atom. The summed E-state index contributed by atoms with van der Waals surface area (Å²) in [7, 11) is 1.70. The van der Waals surface area contributed by atoms with Crippen LogP contribution in [-0.2, 0) is 11.3 Å². The molecule has 2 aromatic rings. The lowest BCUT2D eigenvalue weighted by atomic mass is 9.86. The molecular formula is C21H29BrFNO. The van der Waals surface area contributed by atoms with Crippen LogP contribution in [0.4, 0.5) is 4.39 Å². The maximum absolute atomic E-state index is 14.2. The predicted octanol–water partition coefficient (Wildman–Crippen LogP) is 5.62. The largest absolute Gasteiger partial charge is 0.302 e. The maximum Gasteiger partial charge on any atom is 0.126 e. The van der Waals surface area contributed by atoms with Crippen LogP contribution >= 0.6 is 17.0 Å². The van der Waals surface area contributed by atoms with Crippen molar-refractivity contribution in [2.75, 3.05) is 13.7 Å². The van der Waals surface area contributed by atoms with Gasteiger partial charge in [0, 0.05) is 18.5 Å². The van der Waals surface area contributed by atoms with Gasteiger partial charge in [0.1, 0.15) is 5.82 Å². The average molecular weight is 410 g/mol. The molecule has 0 saturated carbocycles. The molecule has 0 amide bonds. The van der Waals surface area contributed by atoms with E-state index in [9.17, 15) is 4.39 Å². The van der Waals surface area contributed by atoms with Crippen molar-refractivity contribution >= 4 is 17.0 Å². The van der Waals surface area contributed by atoms with Crippen molar-refractivity contribution in [1.82, 2.24) is 5.06 Å². The fourth-order valence-corrected chi connectivity index (χ4v) is 3.37. The molecule has 4 heteroatoms. The fraction of sp³-hybridized carbons (Fsp3) is 0.429. The molecule has 0 aliphatic heterocycles. The first-order valence-electron chi connectivity index (χ1n) is 8.54. The van der Waals surface area contributed by atoms with E-state index in [4.69, 9.17) is 4.84 Å². The maximum atomic E-state index is 14.2. The van der Waals surface area contributed by atoms with Gasteiger partial charge in [-0.05, 0) is 62.4 Å². The van der Waals surface area contributed by atoms with Crippen molar-refractivity contribution in [3.8, 4) is 0 Å². The standard InChI is InChI=1S/C21H28FNO.BrH/c1-15(2)23(24-5)14-19(13-18-11-6-7-12-20(18)22)21-16(3)9-8-10-17(21)4;/h6-12,15,19H,13-14H2,1-5H3;1H. The second kappa shape index (κ2) is 10.0. The third-order valence-electron chi connectivity index (χ3n) is 4.59. The summed E-state index contributed by atoms with van der Waals surface area (Å²) in [6.07, 6.45) is 0.658. The number of hydrogen-bond acceptors (Lipinski definition) is 2. The van der Waals surface area contributed by atoms with Gasteiger partial charge in [-0.2, -0.15) is 5.06 Å². The molecule has 0 aliphatic carbocycles. The highest BCUT2D eigenvalue weighted by atomic mass is 79.9. The number of nitrogens with zero attached hydrogens (tertiary/aromatic N) is 1. The Labute approximate surface area is 161 Å². The average Bonchev–Trinajstić information content (AvgIpc) is 2.53. The van der Waals surface area contributed by atoms with Crippen LogP contribution in [0.25, 0.3) is 0 Å². The monoisotopic (exact) mass is 409 g/mol. The van der Waals surface area contributed by atoms with Gasteiger partial charge < -0.3 is 4.84 Å². The molecule has 0 aromatic heterocycles. The molecule has 1 unspecified atom stereocenters. The van der Waals surface area contributed by atoms with Gasteiger partial charge in [0.15, 0.2) is 0 Å². The summed E-state index contributed by atoms with van der Waals surface area (Å²) >= 11 is 0. The normalized spacial score (nSPS) is 12.3.